The molecule has 0 radical (unpaired) electrons. The van der Waals surface area contributed by atoms with E-state index in [9.17, 15) is 0 Å². The topological polar surface area (TPSA) is 38.0 Å². The van der Waals surface area contributed by atoms with E-state index in [1.807, 2.05) is 52.0 Å². The number of rotatable bonds is 2. The van der Waals surface area contributed by atoms with Crippen molar-refractivity contribution in [2.75, 3.05) is 11.1 Å². The number of para-hydroxylation sites is 2. The third-order valence-corrected chi connectivity index (χ3v) is 1.40. The second kappa shape index (κ2) is 10.9. The Kier molecular flexibility index (Phi) is 11.8. The van der Waals surface area contributed by atoms with Gasteiger partial charge in [0.25, 0.3) is 0 Å². The third kappa shape index (κ3) is 7.86. The molecule has 0 aromatic heterocycles. The zero-order valence-corrected chi connectivity index (χ0v) is 11.0. The maximum absolute atomic E-state index is 5.71. The molecule has 0 aliphatic heterocycles. The van der Waals surface area contributed by atoms with Gasteiger partial charge in [0, 0.05) is 6.04 Å². The summed E-state index contributed by atoms with van der Waals surface area (Å²) in [5.41, 5.74) is 7.53. The van der Waals surface area contributed by atoms with E-state index in [-0.39, 0.29) is 0 Å². The van der Waals surface area contributed by atoms with Crippen LogP contribution in [0.2, 0.25) is 0 Å². The first-order valence-electron chi connectivity index (χ1n) is 5.81. The summed E-state index contributed by atoms with van der Waals surface area (Å²) < 4.78 is 0. The van der Waals surface area contributed by atoms with Crippen molar-refractivity contribution in [3.63, 3.8) is 0 Å². The van der Waals surface area contributed by atoms with Gasteiger partial charge in [-0.2, -0.15) is 0 Å². The van der Waals surface area contributed by atoms with Gasteiger partial charge >= 0.3 is 0 Å². The molecule has 15 heavy (non-hydrogen) atoms. The monoisotopic (exact) mass is 210 g/mol. The summed E-state index contributed by atoms with van der Waals surface area (Å²) >= 11 is 0. The van der Waals surface area contributed by atoms with Gasteiger partial charge in [0.05, 0.1) is 11.4 Å². The summed E-state index contributed by atoms with van der Waals surface area (Å²) in [5, 5.41) is 3.25. The average Bonchev–Trinajstić information content (AvgIpc) is 2.27. The van der Waals surface area contributed by atoms with Crippen LogP contribution in [0.3, 0.4) is 0 Å². The van der Waals surface area contributed by atoms with Crippen LogP contribution >= 0.6 is 0 Å². The molecule has 0 unspecified atom stereocenters. The van der Waals surface area contributed by atoms with Crippen molar-refractivity contribution in [1.82, 2.24) is 0 Å². The van der Waals surface area contributed by atoms with Gasteiger partial charge in [-0.05, 0) is 26.0 Å². The summed E-state index contributed by atoms with van der Waals surface area (Å²) in [6.07, 6.45) is 0. The highest BCUT2D eigenvalue weighted by Crippen LogP contribution is 2.17. The molecular formula is C13H26N2. The van der Waals surface area contributed by atoms with Crippen LogP contribution in [0.4, 0.5) is 11.4 Å². The number of anilines is 2. The van der Waals surface area contributed by atoms with E-state index in [2.05, 4.69) is 19.2 Å². The molecule has 3 N–H and O–H groups in total. The van der Waals surface area contributed by atoms with Crippen LogP contribution in [0.25, 0.3) is 0 Å². The molecule has 1 aromatic carbocycles. The first-order chi connectivity index (χ1) is 7.20. The largest absolute Gasteiger partial charge is 0.397 e. The highest BCUT2D eigenvalue weighted by molar-refractivity contribution is 5.65. The number of nitrogens with two attached hydrogens (primary N) is 1. The van der Waals surface area contributed by atoms with E-state index >= 15 is 0 Å². The molecule has 2 heteroatoms. The second-order valence-corrected chi connectivity index (χ2v) is 2.89. The maximum atomic E-state index is 5.71. The molecule has 0 bridgehead atoms. The van der Waals surface area contributed by atoms with Gasteiger partial charge in [-0.3, -0.25) is 0 Å². The number of nitrogen functional groups attached to an aromatic ring is 1. The van der Waals surface area contributed by atoms with Gasteiger partial charge in [-0.1, -0.05) is 39.8 Å². The van der Waals surface area contributed by atoms with Crippen molar-refractivity contribution in [2.24, 2.45) is 0 Å². The predicted octanol–water partition coefficient (Wildman–Crippen LogP) is 4.14. The molecule has 0 fully saturated rings. The lowest BCUT2D eigenvalue weighted by Crippen LogP contribution is -2.10. The van der Waals surface area contributed by atoms with Crippen molar-refractivity contribution in [3.05, 3.63) is 24.3 Å². The van der Waals surface area contributed by atoms with E-state index in [0.717, 1.165) is 11.4 Å². The Bertz CT molecular complexity index is 232. The molecule has 1 rings (SSSR count). The summed E-state index contributed by atoms with van der Waals surface area (Å²) in [5.74, 6) is 0. The molecule has 0 spiro atoms. The van der Waals surface area contributed by atoms with E-state index < -0.39 is 0 Å². The summed E-state index contributed by atoms with van der Waals surface area (Å²) in [7, 11) is 0. The molecule has 0 aliphatic rings. The number of nitrogens with one attached hydrogen (secondary N) is 1. The number of hydrogen-bond donors (Lipinski definition) is 2. The van der Waals surface area contributed by atoms with Crippen LogP contribution in [-0.2, 0) is 0 Å². The molecule has 0 heterocycles. The Balaban J connectivity index is 0. The van der Waals surface area contributed by atoms with Gasteiger partial charge in [-0.15, -0.1) is 0 Å². The van der Waals surface area contributed by atoms with Crippen LogP contribution < -0.4 is 11.1 Å². The fraction of sp³-hybridized carbons (Fsp3) is 0.538. The molecule has 0 amide bonds. The quantitative estimate of drug-likeness (QED) is 0.720. The molecule has 0 saturated carbocycles. The molecule has 0 saturated heterocycles. The fourth-order valence-corrected chi connectivity index (χ4v) is 0.939. The normalized spacial score (nSPS) is 8.20. The summed E-state index contributed by atoms with van der Waals surface area (Å²) in [6, 6.07) is 8.21. The minimum atomic E-state index is 0.430. The highest BCUT2D eigenvalue weighted by atomic mass is 14.9. The molecule has 88 valence electrons. The van der Waals surface area contributed by atoms with Gasteiger partial charge in [0.2, 0.25) is 0 Å². The van der Waals surface area contributed by atoms with Crippen LogP contribution in [-0.4, -0.2) is 6.04 Å². The Hall–Kier alpha value is -1.18. The van der Waals surface area contributed by atoms with Crippen molar-refractivity contribution < 1.29 is 0 Å². The molecular weight excluding hydrogens is 184 g/mol. The zero-order chi connectivity index (χ0) is 12.3. The van der Waals surface area contributed by atoms with Gasteiger partial charge in [0.15, 0.2) is 0 Å². The second-order valence-electron chi connectivity index (χ2n) is 2.89. The molecule has 0 aliphatic carbocycles. The van der Waals surface area contributed by atoms with E-state index in [1.54, 1.807) is 0 Å². The smallest absolute Gasteiger partial charge is 0.0575 e. The Morgan fingerprint density at radius 1 is 1.00 bits per heavy atom. The van der Waals surface area contributed by atoms with E-state index in [4.69, 9.17) is 5.73 Å². The molecule has 2 nitrogen and oxygen atoms in total. The van der Waals surface area contributed by atoms with Crippen LogP contribution in [0.5, 0.6) is 0 Å². The van der Waals surface area contributed by atoms with Gasteiger partial charge in [0.1, 0.15) is 0 Å². The van der Waals surface area contributed by atoms with Crippen LogP contribution in [0.1, 0.15) is 41.5 Å². The standard InChI is InChI=1S/C9H14N2.2C2H6/c1-7(2)11-9-6-4-3-5-8(9)10;2*1-2/h3-7,11H,10H2,1-2H3;2*1-2H3. The van der Waals surface area contributed by atoms with Crippen LogP contribution in [0.15, 0.2) is 24.3 Å². The third-order valence-electron chi connectivity index (χ3n) is 1.40. The van der Waals surface area contributed by atoms with Crippen molar-refractivity contribution >= 4 is 11.4 Å². The van der Waals surface area contributed by atoms with Crippen LogP contribution in [0, 0.1) is 0 Å². The zero-order valence-electron chi connectivity index (χ0n) is 11.0. The van der Waals surface area contributed by atoms with Crippen molar-refractivity contribution in [2.45, 2.75) is 47.6 Å². The molecule has 1 aromatic rings. The lowest BCUT2D eigenvalue weighted by molar-refractivity contribution is 0.900. The predicted molar refractivity (Wildman–Crippen MR) is 72.3 cm³/mol. The first kappa shape index (κ1) is 16.3. The Morgan fingerprint density at radius 3 is 1.87 bits per heavy atom. The highest BCUT2D eigenvalue weighted by Gasteiger charge is 1.96. The SMILES string of the molecule is CC.CC.CC(C)Nc1ccccc1N. The number of benzene rings is 1. The van der Waals surface area contributed by atoms with E-state index in [1.165, 1.54) is 0 Å². The average molecular weight is 210 g/mol. The van der Waals surface area contributed by atoms with E-state index in [0.29, 0.717) is 6.04 Å². The van der Waals surface area contributed by atoms with Gasteiger partial charge < -0.3 is 11.1 Å². The lowest BCUT2D eigenvalue weighted by atomic mass is 10.2. The maximum Gasteiger partial charge on any atom is 0.0575 e. The minimum Gasteiger partial charge on any atom is -0.397 e. The molecule has 0 atom stereocenters. The minimum absolute atomic E-state index is 0.430. The Morgan fingerprint density at radius 2 is 1.47 bits per heavy atom. The first-order valence-corrected chi connectivity index (χ1v) is 5.81. The lowest BCUT2D eigenvalue weighted by Gasteiger charge is -2.11. The Labute approximate surface area is 94.9 Å². The van der Waals surface area contributed by atoms with Crippen molar-refractivity contribution in [3.8, 4) is 0 Å². The van der Waals surface area contributed by atoms with Gasteiger partial charge in [-0.25, -0.2) is 0 Å². The summed E-state index contributed by atoms with van der Waals surface area (Å²) in [6.45, 7) is 12.2. The fourth-order valence-electron chi connectivity index (χ4n) is 0.939. The summed E-state index contributed by atoms with van der Waals surface area (Å²) in [4.78, 5) is 0. The number of hydrogen-bond acceptors (Lipinski definition) is 2. The van der Waals surface area contributed by atoms with Crippen molar-refractivity contribution in [1.29, 1.82) is 0 Å².